The number of aryl methyl sites for hydroxylation is 2. The molecule has 0 atom stereocenters. The van der Waals surface area contributed by atoms with Crippen LogP contribution < -0.4 is 10.6 Å². The first-order valence-electron chi connectivity index (χ1n) is 6.30. The maximum Gasteiger partial charge on any atom is 0.171 e. The van der Waals surface area contributed by atoms with Gasteiger partial charge in [0.2, 0.25) is 0 Å². The Kier molecular flexibility index (Phi) is 4.53. The van der Waals surface area contributed by atoms with Crippen LogP contribution in [0.15, 0.2) is 48.5 Å². The first-order valence-corrected chi connectivity index (χ1v) is 6.71. The first kappa shape index (κ1) is 13.6. The summed E-state index contributed by atoms with van der Waals surface area (Å²) in [6.45, 7) is 4.90. The second kappa shape index (κ2) is 6.34. The predicted molar refractivity (Wildman–Crippen MR) is 85.4 cm³/mol. The highest BCUT2D eigenvalue weighted by Crippen LogP contribution is 2.13. The average Bonchev–Trinajstić information content (AvgIpc) is 2.36. The van der Waals surface area contributed by atoms with E-state index in [0.29, 0.717) is 5.11 Å². The number of nitrogens with one attached hydrogen (secondary N) is 2. The molecule has 2 rings (SSSR count). The van der Waals surface area contributed by atoms with Crippen molar-refractivity contribution in [1.29, 1.82) is 0 Å². The third-order valence-electron chi connectivity index (χ3n) is 2.78. The Balaban J connectivity index is 1.91. The first-order chi connectivity index (χ1) is 9.13. The van der Waals surface area contributed by atoms with Gasteiger partial charge in [-0.15, -0.1) is 0 Å². The van der Waals surface area contributed by atoms with Crippen LogP contribution in [0, 0.1) is 13.8 Å². The normalized spacial score (nSPS) is 10.0. The van der Waals surface area contributed by atoms with Crippen molar-refractivity contribution in [2.75, 3.05) is 5.32 Å². The quantitative estimate of drug-likeness (QED) is 0.830. The summed E-state index contributed by atoms with van der Waals surface area (Å²) in [6.07, 6.45) is 0. The van der Waals surface area contributed by atoms with Crippen molar-refractivity contribution in [2.24, 2.45) is 0 Å². The van der Waals surface area contributed by atoms with Crippen LogP contribution >= 0.6 is 12.2 Å². The third-order valence-corrected chi connectivity index (χ3v) is 3.02. The monoisotopic (exact) mass is 270 g/mol. The van der Waals surface area contributed by atoms with Crippen LogP contribution in [0.4, 0.5) is 5.69 Å². The maximum absolute atomic E-state index is 5.30. The Morgan fingerprint density at radius 1 is 1.00 bits per heavy atom. The summed E-state index contributed by atoms with van der Waals surface area (Å²) in [4.78, 5) is 0. The van der Waals surface area contributed by atoms with Gasteiger partial charge in [0.05, 0.1) is 0 Å². The molecule has 2 aromatic rings. The zero-order valence-electron chi connectivity index (χ0n) is 11.2. The van der Waals surface area contributed by atoms with Crippen molar-refractivity contribution >= 4 is 23.0 Å². The van der Waals surface area contributed by atoms with E-state index >= 15 is 0 Å². The van der Waals surface area contributed by atoms with Crippen molar-refractivity contribution in [3.63, 3.8) is 0 Å². The molecule has 0 bridgehead atoms. The summed E-state index contributed by atoms with van der Waals surface area (Å²) in [7, 11) is 0. The zero-order valence-corrected chi connectivity index (χ0v) is 12.1. The average molecular weight is 270 g/mol. The van der Waals surface area contributed by atoms with Gasteiger partial charge in [-0.3, -0.25) is 0 Å². The number of hydrogen-bond donors (Lipinski definition) is 2. The lowest BCUT2D eigenvalue weighted by molar-refractivity contribution is 0.926. The van der Waals surface area contributed by atoms with Gasteiger partial charge in [-0.2, -0.15) is 0 Å². The van der Waals surface area contributed by atoms with E-state index in [2.05, 4.69) is 54.8 Å². The van der Waals surface area contributed by atoms with Crippen molar-refractivity contribution in [2.45, 2.75) is 20.4 Å². The number of thiocarbonyl (C=S) groups is 1. The summed E-state index contributed by atoms with van der Waals surface area (Å²) in [5.74, 6) is 0. The molecular formula is C16H18N2S. The van der Waals surface area contributed by atoms with Crippen LogP contribution in [0.25, 0.3) is 0 Å². The molecule has 0 heterocycles. The SMILES string of the molecule is Cc1cc(C)cc(NC(=S)NCc2ccccc2)c1. The van der Waals surface area contributed by atoms with Gasteiger partial charge < -0.3 is 10.6 Å². The third kappa shape index (κ3) is 4.38. The summed E-state index contributed by atoms with van der Waals surface area (Å²) in [5.41, 5.74) is 4.71. The molecule has 3 heteroatoms. The van der Waals surface area contributed by atoms with E-state index in [1.54, 1.807) is 0 Å². The Bertz CT molecular complexity index is 544. The molecule has 2 N–H and O–H groups in total. The minimum atomic E-state index is 0.647. The van der Waals surface area contributed by atoms with Crippen LogP contribution in [-0.2, 0) is 6.54 Å². The molecule has 0 aliphatic heterocycles. The molecule has 0 aliphatic carbocycles. The summed E-state index contributed by atoms with van der Waals surface area (Å²) >= 11 is 5.30. The molecule has 19 heavy (non-hydrogen) atoms. The molecule has 2 nitrogen and oxygen atoms in total. The molecule has 0 radical (unpaired) electrons. The smallest absolute Gasteiger partial charge is 0.171 e. The molecule has 0 fully saturated rings. The van der Waals surface area contributed by atoms with Crippen molar-refractivity contribution in [3.05, 3.63) is 65.2 Å². The maximum atomic E-state index is 5.30. The molecule has 98 valence electrons. The standard InChI is InChI=1S/C16H18N2S/c1-12-8-13(2)10-15(9-12)18-16(19)17-11-14-6-4-3-5-7-14/h3-10H,11H2,1-2H3,(H2,17,18,19). The Morgan fingerprint density at radius 2 is 1.63 bits per heavy atom. The summed E-state index contributed by atoms with van der Waals surface area (Å²) < 4.78 is 0. The Labute approximate surface area is 119 Å². The topological polar surface area (TPSA) is 24.1 Å². The van der Waals surface area contributed by atoms with Gasteiger partial charge in [-0.05, 0) is 54.9 Å². The van der Waals surface area contributed by atoms with Gasteiger partial charge in [0.1, 0.15) is 0 Å². The van der Waals surface area contributed by atoms with Gasteiger partial charge in [0.15, 0.2) is 5.11 Å². The van der Waals surface area contributed by atoms with Crippen LogP contribution in [0.5, 0.6) is 0 Å². The molecule has 0 saturated carbocycles. The van der Waals surface area contributed by atoms with Crippen LogP contribution in [0.3, 0.4) is 0 Å². The van der Waals surface area contributed by atoms with Gasteiger partial charge in [-0.25, -0.2) is 0 Å². The lowest BCUT2D eigenvalue weighted by Crippen LogP contribution is -2.27. The lowest BCUT2D eigenvalue weighted by atomic mass is 10.1. The highest BCUT2D eigenvalue weighted by Gasteiger charge is 1.99. The number of anilines is 1. The molecule has 0 amide bonds. The zero-order chi connectivity index (χ0) is 13.7. The molecule has 2 aromatic carbocycles. The molecular weight excluding hydrogens is 252 g/mol. The van der Waals surface area contributed by atoms with Crippen molar-refractivity contribution in [3.8, 4) is 0 Å². The van der Waals surface area contributed by atoms with Crippen LogP contribution in [0.1, 0.15) is 16.7 Å². The van der Waals surface area contributed by atoms with Gasteiger partial charge in [0.25, 0.3) is 0 Å². The van der Waals surface area contributed by atoms with E-state index in [1.165, 1.54) is 16.7 Å². The lowest BCUT2D eigenvalue weighted by Gasteiger charge is -2.11. The molecule has 0 spiro atoms. The highest BCUT2D eigenvalue weighted by molar-refractivity contribution is 7.80. The second-order valence-electron chi connectivity index (χ2n) is 4.67. The fourth-order valence-electron chi connectivity index (χ4n) is 2.00. The largest absolute Gasteiger partial charge is 0.358 e. The number of benzene rings is 2. The van der Waals surface area contributed by atoms with Crippen molar-refractivity contribution in [1.82, 2.24) is 5.32 Å². The van der Waals surface area contributed by atoms with E-state index in [-0.39, 0.29) is 0 Å². The van der Waals surface area contributed by atoms with Crippen LogP contribution in [-0.4, -0.2) is 5.11 Å². The summed E-state index contributed by atoms with van der Waals surface area (Å²) in [5, 5.41) is 7.07. The molecule has 0 unspecified atom stereocenters. The van der Waals surface area contributed by atoms with Gasteiger partial charge in [0, 0.05) is 12.2 Å². The van der Waals surface area contributed by atoms with E-state index in [4.69, 9.17) is 12.2 Å². The molecule has 0 aliphatic rings. The Morgan fingerprint density at radius 3 is 2.26 bits per heavy atom. The van der Waals surface area contributed by atoms with E-state index in [1.807, 2.05) is 18.2 Å². The number of hydrogen-bond acceptors (Lipinski definition) is 1. The van der Waals surface area contributed by atoms with Gasteiger partial charge >= 0.3 is 0 Å². The minimum Gasteiger partial charge on any atom is -0.358 e. The Hall–Kier alpha value is -1.87. The highest BCUT2D eigenvalue weighted by atomic mass is 32.1. The van der Waals surface area contributed by atoms with E-state index in [0.717, 1.165) is 12.2 Å². The van der Waals surface area contributed by atoms with Gasteiger partial charge in [-0.1, -0.05) is 36.4 Å². The molecule has 0 saturated heterocycles. The predicted octanol–water partition coefficient (Wildman–Crippen LogP) is 3.79. The number of rotatable bonds is 3. The van der Waals surface area contributed by atoms with E-state index in [9.17, 15) is 0 Å². The summed E-state index contributed by atoms with van der Waals surface area (Å²) in [6, 6.07) is 16.5. The van der Waals surface area contributed by atoms with Crippen LogP contribution in [0.2, 0.25) is 0 Å². The fraction of sp³-hybridized carbons (Fsp3) is 0.188. The molecule has 0 aromatic heterocycles. The minimum absolute atomic E-state index is 0.647. The second-order valence-corrected chi connectivity index (χ2v) is 5.08. The van der Waals surface area contributed by atoms with E-state index < -0.39 is 0 Å². The fourth-order valence-corrected chi connectivity index (χ4v) is 2.19. The van der Waals surface area contributed by atoms with Crippen molar-refractivity contribution < 1.29 is 0 Å².